The molecule has 3 heteroatoms. The van der Waals surface area contributed by atoms with Gasteiger partial charge in [-0.15, -0.1) is 0 Å². The van der Waals surface area contributed by atoms with Gasteiger partial charge < -0.3 is 4.57 Å². The van der Waals surface area contributed by atoms with E-state index in [9.17, 15) is 4.79 Å². The molecule has 0 saturated heterocycles. The van der Waals surface area contributed by atoms with Crippen LogP contribution >= 0.6 is 0 Å². The second kappa shape index (κ2) is 4.09. The highest BCUT2D eigenvalue weighted by molar-refractivity contribution is 5.76. The fraction of sp³-hybridized carbons (Fsp3) is 0.167. The minimum absolute atomic E-state index is 0.130. The van der Waals surface area contributed by atoms with Gasteiger partial charge in [-0.25, -0.2) is 4.98 Å². The fourth-order valence-corrected chi connectivity index (χ4v) is 1.52. The number of hydrogen-bond donors (Lipinski definition) is 0. The largest absolute Gasteiger partial charge is 0.324 e. The van der Waals surface area contributed by atoms with Gasteiger partial charge >= 0.3 is 0 Å². The third-order valence-corrected chi connectivity index (χ3v) is 2.14. The van der Waals surface area contributed by atoms with E-state index in [-0.39, 0.29) is 5.78 Å². The van der Waals surface area contributed by atoms with Gasteiger partial charge in [0, 0.05) is 18.0 Å². The first-order valence-corrected chi connectivity index (χ1v) is 4.83. The van der Waals surface area contributed by atoms with E-state index in [1.165, 1.54) is 0 Å². The molecule has 2 rings (SSSR count). The van der Waals surface area contributed by atoms with Crippen LogP contribution in [-0.4, -0.2) is 15.3 Å². The van der Waals surface area contributed by atoms with Crippen LogP contribution in [0.2, 0.25) is 0 Å². The quantitative estimate of drug-likeness (QED) is 0.760. The smallest absolute Gasteiger partial charge is 0.149 e. The minimum Gasteiger partial charge on any atom is -0.324 e. The van der Waals surface area contributed by atoms with Crippen molar-refractivity contribution in [2.24, 2.45) is 0 Å². The van der Waals surface area contributed by atoms with Crippen molar-refractivity contribution in [2.75, 3.05) is 0 Å². The predicted molar refractivity (Wildman–Crippen MR) is 58.3 cm³/mol. The Morgan fingerprint density at radius 1 is 1.33 bits per heavy atom. The molecule has 0 spiro atoms. The Kier molecular flexibility index (Phi) is 2.63. The van der Waals surface area contributed by atoms with Gasteiger partial charge in [-0.3, -0.25) is 4.79 Å². The molecule has 2 aromatic rings. The van der Waals surface area contributed by atoms with E-state index in [4.69, 9.17) is 0 Å². The van der Waals surface area contributed by atoms with Crippen LogP contribution in [0.3, 0.4) is 0 Å². The number of imidazole rings is 1. The standard InChI is InChI=1S/C12H12N2O/c1-10(15)9-14-8-7-13-12(14)11-5-3-2-4-6-11/h2-8H,9H2,1H3. The van der Waals surface area contributed by atoms with Gasteiger partial charge in [0.25, 0.3) is 0 Å². The normalized spacial score (nSPS) is 10.2. The lowest BCUT2D eigenvalue weighted by Gasteiger charge is -2.04. The van der Waals surface area contributed by atoms with Crippen LogP contribution in [-0.2, 0) is 11.3 Å². The van der Waals surface area contributed by atoms with E-state index < -0.39 is 0 Å². The molecule has 3 nitrogen and oxygen atoms in total. The van der Waals surface area contributed by atoms with Crippen molar-refractivity contribution < 1.29 is 4.79 Å². The Hall–Kier alpha value is -1.90. The number of ketones is 1. The third-order valence-electron chi connectivity index (χ3n) is 2.14. The lowest BCUT2D eigenvalue weighted by molar-refractivity contribution is -0.117. The molecule has 0 atom stereocenters. The number of benzene rings is 1. The topological polar surface area (TPSA) is 34.9 Å². The Morgan fingerprint density at radius 3 is 2.73 bits per heavy atom. The van der Waals surface area contributed by atoms with E-state index in [0.29, 0.717) is 6.54 Å². The van der Waals surface area contributed by atoms with Gasteiger partial charge in [0.1, 0.15) is 11.6 Å². The van der Waals surface area contributed by atoms with Crippen LogP contribution in [0.4, 0.5) is 0 Å². The molecule has 0 bridgehead atoms. The van der Waals surface area contributed by atoms with Crippen LogP contribution in [0.1, 0.15) is 6.92 Å². The van der Waals surface area contributed by atoms with Crippen molar-refractivity contribution in [1.82, 2.24) is 9.55 Å². The highest BCUT2D eigenvalue weighted by atomic mass is 16.1. The molecule has 0 unspecified atom stereocenters. The summed E-state index contributed by atoms with van der Waals surface area (Å²) < 4.78 is 1.86. The highest BCUT2D eigenvalue weighted by Gasteiger charge is 2.05. The van der Waals surface area contributed by atoms with Crippen molar-refractivity contribution in [3.05, 3.63) is 42.7 Å². The number of rotatable bonds is 3. The molecule has 0 aliphatic carbocycles. The monoisotopic (exact) mass is 200 g/mol. The molecule has 76 valence electrons. The molecule has 1 heterocycles. The Labute approximate surface area is 88.4 Å². The van der Waals surface area contributed by atoms with Crippen LogP contribution in [0.25, 0.3) is 11.4 Å². The number of Topliss-reactive ketones (excluding diaryl/α,β-unsaturated/α-hetero) is 1. The first kappa shape index (κ1) is 9.65. The SMILES string of the molecule is CC(=O)Cn1ccnc1-c1ccccc1. The van der Waals surface area contributed by atoms with Crippen LogP contribution in [0.15, 0.2) is 42.7 Å². The summed E-state index contributed by atoms with van der Waals surface area (Å²) in [6.07, 6.45) is 3.54. The molecule has 0 aliphatic heterocycles. The molecule has 1 aromatic carbocycles. The zero-order chi connectivity index (χ0) is 10.7. The molecule has 0 amide bonds. The molecule has 0 N–H and O–H groups in total. The summed E-state index contributed by atoms with van der Waals surface area (Å²) in [5.74, 6) is 0.969. The molecule has 0 saturated carbocycles. The number of nitrogens with zero attached hydrogens (tertiary/aromatic N) is 2. The molecular weight excluding hydrogens is 188 g/mol. The van der Waals surface area contributed by atoms with Gasteiger partial charge in [0.15, 0.2) is 0 Å². The second-order valence-corrected chi connectivity index (χ2v) is 3.45. The molecule has 0 radical (unpaired) electrons. The summed E-state index contributed by atoms with van der Waals surface area (Å²) in [4.78, 5) is 15.3. The van der Waals surface area contributed by atoms with Crippen molar-refractivity contribution in [3.63, 3.8) is 0 Å². The molecule has 15 heavy (non-hydrogen) atoms. The van der Waals surface area contributed by atoms with E-state index in [2.05, 4.69) is 4.98 Å². The maximum atomic E-state index is 11.0. The number of aromatic nitrogens is 2. The highest BCUT2D eigenvalue weighted by Crippen LogP contribution is 2.16. The van der Waals surface area contributed by atoms with Crippen molar-refractivity contribution in [3.8, 4) is 11.4 Å². The van der Waals surface area contributed by atoms with E-state index in [1.807, 2.05) is 41.1 Å². The average Bonchev–Trinajstić information content (AvgIpc) is 2.66. The average molecular weight is 200 g/mol. The zero-order valence-corrected chi connectivity index (χ0v) is 8.55. The number of hydrogen-bond acceptors (Lipinski definition) is 2. The molecular formula is C12H12N2O. The van der Waals surface area contributed by atoms with Crippen LogP contribution in [0, 0.1) is 0 Å². The van der Waals surface area contributed by atoms with Gasteiger partial charge in [0.2, 0.25) is 0 Å². The van der Waals surface area contributed by atoms with Crippen molar-refractivity contribution >= 4 is 5.78 Å². The Bertz CT molecular complexity index is 459. The van der Waals surface area contributed by atoms with Crippen molar-refractivity contribution in [1.29, 1.82) is 0 Å². The lowest BCUT2D eigenvalue weighted by Crippen LogP contribution is -2.06. The van der Waals surface area contributed by atoms with Crippen molar-refractivity contribution in [2.45, 2.75) is 13.5 Å². The Morgan fingerprint density at radius 2 is 2.07 bits per heavy atom. The Balaban J connectivity index is 2.37. The molecule has 0 fully saturated rings. The summed E-state index contributed by atoms with van der Waals surface area (Å²) in [7, 11) is 0. The van der Waals surface area contributed by atoms with Gasteiger partial charge in [-0.05, 0) is 6.92 Å². The zero-order valence-electron chi connectivity index (χ0n) is 8.55. The van der Waals surface area contributed by atoms with Gasteiger partial charge in [-0.2, -0.15) is 0 Å². The van der Waals surface area contributed by atoms with E-state index in [0.717, 1.165) is 11.4 Å². The summed E-state index contributed by atoms with van der Waals surface area (Å²) in [6, 6.07) is 9.85. The maximum absolute atomic E-state index is 11.0. The lowest BCUT2D eigenvalue weighted by atomic mass is 10.2. The second-order valence-electron chi connectivity index (χ2n) is 3.45. The number of carbonyl (C=O) groups excluding carboxylic acids is 1. The third kappa shape index (κ3) is 2.13. The fourth-order valence-electron chi connectivity index (χ4n) is 1.52. The van der Waals surface area contributed by atoms with Gasteiger partial charge in [-0.1, -0.05) is 30.3 Å². The predicted octanol–water partition coefficient (Wildman–Crippen LogP) is 2.14. The summed E-state index contributed by atoms with van der Waals surface area (Å²) in [5.41, 5.74) is 1.03. The maximum Gasteiger partial charge on any atom is 0.149 e. The first-order chi connectivity index (χ1) is 7.27. The summed E-state index contributed by atoms with van der Waals surface area (Å²) >= 11 is 0. The number of carbonyl (C=O) groups is 1. The first-order valence-electron chi connectivity index (χ1n) is 4.83. The van der Waals surface area contributed by atoms with Gasteiger partial charge in [0.05, 0.1) is 6.54 Å². The molecule has 1 aromatic heterocycles. The summed E-state index contributed by atoms with van der Waals surface area (Å²) in [5, 5.41) is 0. The molecule has 0 aliphatic rings. The summed E-state index contributed by atoms with van der Waals surface area (Å²) in [6.45, 7) is 1.96. The van der Waals surface area contributed by atoms with Crippen LogP contribution < -0.4 is 0 Å². The van der Waals surface area contributed by atoms with Crippen LogP contribution in [0.5, 0.6) is 0 Å². The van der Waals surface area contributed by atoms with E-state index >= 15 is 0 Å². The van der Waals surface area contributed by atoms with E-state index in [1.54, 1.807) is 13.1 Å². The minimum atomic E-state index is 0.130.